The molecule has 2 N–H and O–H groups in total. The second kappa shape index (κ2) is 6.72. The van der Waals surface area contributed by atoms with Crippen LogP contribution >= 0.6 is 7.29 Å². The molecule has 1 atom stereocenters. The van der Waals surface area contributed by atoms with Gasteiger partial charge >= 0.3 is 5.97 Å². The third-order valence-electron chi connectivity index (χ3n) is 2.99. The van der Waals surface area contributed by atoms with Crippen LogP contribution in [0.5, 0.6) is 0 Å². The predicted molar refractivity (Wildman–Crippen MR) is 73.4 cm³/mol. The van der Waals surface area contributed by atoms with Gasteiger partial charge in [-0.05, 0) is 12.0 Å². The van der Waals surface area contributed by atoms with Crippen molar-refractivity contribution >= 4 is 13.3 Å². The average Bonchev–Trinajstić information content (AvgIpc) is 2.39. The number of aliphatic carboxylic acids is 1. The number of benzene rings is 1. The van der Waals surface area contributed by atoms with Crippen molar-refractivity contribution in [3.05, 3.63) is 35.9 Å². The van der Waals surface area contributed by atoms with Crippen LogP contribution in [0, 0.1) is 0 Å². The third kappa shape index (κ3) is 4.28. The molecule has 0 aliphatic heterocycles. The van der Waals surface area contributed by atoms with Gasteiger partial charge in [-0.25, -0.2) is 0 Å². The summed E-state index contributed by atoms with van der Waals surface area (Å²) in [6, 6.07) is 8.58. The monoisotopic (exact) mass is 269 g/mol. The van der Waals surface area contributed by atoms with Crippen LogP contribution in [0.1, 0.15) is 19.4 Å². The van der Waals surface area contributed by atoms with Crippen LogP contribution in [-0.4, -0.2) is 29.4 Å². The van der Waals surface area contributed by atoms with Gasteiger partial charge in [-0.3, -0.25) is 9.88 Å². The zero-order valence-electron chi connectivity index (χ0n) is 10.8. The van der Waals surface area contributed by atoms with Crippen LogP contribution in [0.15, 0.2) is 30.3 Å². The number of rotatable bonds is 7. The van der Waals surface area contributed by atoms with Gasteiger partial charge in [0, 0.05) is 12.3 Å². The summed E-state index contributed by atoms with van der Waals surface area (Å²) in [5.41, 5.74) is 0.927. The molecule has 0 spiro atoms. The second-order valence-electron chi connectivity index (χ2n) is 4.23. The Morgan fingerprint density at radius 1 is 1.28 bits per heavy atom. The standard InChI is InChI=1S/C13H20NO3P/c1-3-18(17,4-2)14-12(13(15)16)10-11-8-6-5-7-9-11/h5-9,12H,3-4,10H2,1-2H3,(H,14,17)(H,15,16). The molecule has 1 rings (SSSR count). The molecule has 18 heavy (non-hydrogen) atoms. The highest BCUT2D eigenvalue weighted by Crippen LogP contribution is 2.40. The van der Waals surface area contributed by atoms with E-state index in [-0.39, 0.29) is 0 Å². The molecular weight excluding hydrogens is 249 g/mol. The normalized spacial score (nSPS) is 13.2. The van der Waals surface area contributed by atoms with Crippen molar-refractivity contribution in [2.24, 2.45) is 0 Å². The molecule has 0 radical (unpaired) electrons. The maximum absolute atomic E-state index is 12.3. The summed E-state index contributed by atoms with van der Waals surface area (Å²) >= 11 is 0. The summed E-state index contributed by atoms with van der Waals surface area (Å²) in [6.07, 6.45) is 1.30. The molecule has 0 aliphatic rings. The fraction of sp³-hybridized carbons (Fsp3) is 0.462. The molecule has 0 saturated heterocycles. The van der Waals surface area contributed by atoms with E-state index in [2.05, 4.69) is 5.09 Å². The first-order valence-electron chi connectivity index (χ1n) is 6.13. The van der Waals surface area contributed by atoms with Crippen LogP contribution in [0.3, 0.4) is 0 Å². The number of nitrogens with one attached hydrogen (secondary N) is 1. The SMILES string of the molecule is CCP(=O)(CC)NC(Cc1ccccc1)C(=O)O. The van der Waals surface area contributed by atoms with Gasteiger partial charge in [0.15, 0.2) is 0 Å². The Balaban J connectivity index is 2.79. The molecule has 100 valence electrons. The molecular formula is C13H20NO3P. The molecule has 1 aromatic rings. The molecule has 5 heteroatoms. The smallest absolute Gasteiger partial charge is 0.321 e. The van der Waals surface area contributed by atoms with Gasteiger partial charge < -0.3 is 9.67 Å². The lowest BCUT2D eigenvalue weighted by molar-refractivity contribution is -0.138. The Morgan fingerprint density at radius 2 is 1.83 bits per heavy atom. The predicted octanol–water partition coefficient (Wildman–Crippen LogP) is 2.59. The summed E-state index contributed by atoms with van der Waals surface area (Å²) in [5, 5.41) is 12.0. The second-order valence-corrected chi connectivity index (χ2v) is 7.53. The Hall–Kier alpha value is -1.12. The van der Waals surface area contributed by atoms with E-state index in [0.717, 1.165) is 5.56 Å². The lowest BCUT2D eigenvalue weighted by Gasteiger charge is -2.21. The summed E-state index contributed by atoms with van der Waals surface area (Å²) in [4.78, 5) is 11.2. The Morgan fingerprint density at radius 3 is 2.28 bits per heavy atom. The van der Waals surface area contributed by atoms with Gasteiger partial charge in [0.2, 0.25) is 0 Å². The minimum atomic E-state index is -2.56. The fourth-order valence-electron chi connectivity index (χ4n) is 1.73. The fourth-order valence-corrected chi connectivity index (χ4v) is 3.31. The van der Waals surface area contributed by atoms with Gasteiger partial charge in [-0.2, -0.15) is 0 Å². The molecule has 0 bridgehead atoms. The van der Waals surface area contributed by atoms with Gasteiger partial charge in [0.1, 0.15) is 13.3 Å². The van der Waals surface area contributed by atoms with E-state index in [1.807, 2.05) is 44.2 Å². The number of hydrogen-bond donors (Lipinski definition) is 2. The Labute approximate surface area is 108 Å². The van der Waals surface area contributed by atoms with E-state index < -0.39 is 19.3 Å². The Kier molecular flexibility index (Phi) is 5.57. The van der Waals surface area contributed by atoms with Gasteiger partial charge in [-0.1, -0.05) is 44.2 Å². The average molecular weight is 269 g/mol. The van der Waals surface area contributed by atoms with Gasteiger partial charge in [-0.15, -0.1) is 0 Å². The van der Waals surface area contributed by atoms with Crippen molar-refractivity contribution < 1.29 is 14.5 Å². The largest absolute Gasteiger partial charge is 0.480 e. The highest BCUT2D eigenvalue weighted by atomic mass is 31.2. The van der Waals surface area contributed by atoms with Crippen LogP contribution in [0.25, 0.3) is 0 Å². The lowest BCUT2D eigenvalue weighted by atomic mass is 10.1. The number of carboxylic acid groups (broad SMARTS) is 1. The number of carbonyl (C=O) groups is 1. The van der Waals surface area contributed by atoms with Crippen molar-refractivity contribution in [2.75, 3.05) is 12.3 Å². The molecule has 1 unspecified atom stereocenters. The molecule has 0 amide bonds. The zero-order valence-corrected chi connectivity index (χ0v) is 11.7. The van der Waals surface area contributed by atoms with Crippen LogP contribution in [0.4, 0.5) is 0 Å². The molecule has 0 fully saturated rings. The summed E-state index contributed by atoms with van der Waals surface area (Å²) in [6.45, 7) is 3.64. The van der Waals surface area contributed by atoms with Crippen molar-refractivity contribution in [1.29, 1.82) is 0 Å². The van der Waals surface area contributed by atoms with Gasteiger partial charge in [0.25, 0.3) is 0 Å². The van der Waals surface area contributed by atoms with Crippen LogP contribution in [-0.2, 0) is 15.8 Å². The maximum atomic E-state index is 12.3. The van der Waals surface area contributed by atoms with Crippen LogP contribution in [0.2, 0.25) is 0 Å². The molecule has 0 saturated carbocycles. The molecule has 4 nitrogen and oxygen atoms in total. The van der Waals surface area contributed by atoms with E-state index >= 15 is 0 Å². The highest BCUT2D eigenvalue weighted by Gasteiger charge is 2.26. The zero-order chi connectivity index (χ0) is 13.6. The Bertz CT molecular complexity index is 425. The quantitative estimate of drug-likeness (QED) is 0.747. The van der Waals surface area contributed by atoms with Crippen molar-refractivity contribution in [2.45, 2.75) is 26.3 Å². The topological polar surface area (TPSA) is 66.4 Å². The molecule has 0 aromatic heterocycles. The van der Waals surface area contributed by atoms with E-state index in [9.17, 15) is 14.5 Å². The number of carboxylic acids is 1. The van der Waals surface area contributed by atoms with E-state index in [1.54, 1.807) is 0 Å². The van der Waals surface area contributed by atoms with Gasteiger partial charge in [0.05, 0.1) is 0 Å². The van der Waals surface area contributed by atoms with Crippen LogP contribution < -0.4 is 5.09 Å². The van der Waals surface area contributed by atoms with E-state index in [4.69, 9.17) is 0 Å². The number of hydrogen-bond acceptors (Lipinski definition) is 2. The summed E-state index contributed by atoms with van der Waals surface area (Å²) in [7, 11) is -2.56. The van der Waals surface area contributed by atoms with E-state index in [1.165, 1.54) is 0 Å². The van der Waals surface area contributed by atoms with Crippen molar-refractivity contribution in [1.82, 2.24) is 5.09 Å². The highest BCUT2D eigenvalue weighted by molar-refractivity contribution is 7.61. The lowest BCUT2D eigenvalue weighted by Crippen LogP contribution is -2.37. The van der Waals surface area contributed by atoms with Crippen molar-refractivity contribution in [3.8, 4) is 0 Å². The maximum Gasteiger partial charge on any atom is 0.321 e. The summed E-state index contributed by atoms with van der Waals surface area (Å²) in [5.74, 6) is -0.957. The minimum Gasteiger partial charge on any atom is -0.480 e. The van der Waals surface area contributed by atoms with E-state index in [0.29, 0.717) is 18.7 Å². The third-order valence-corrected chi connectivity index (χ3v) is 5.82. The molecule has 1 aromatic carbocycles. The first kappa shape index (κ1) is 14.9. The minimum absolute atomic E-state index is 0.347. The first-order valence-corrected chi connectivity index (χ1v) is 8.21. The molecule has 0 aliphatic carbocycles. The molecule has 0 heterocycles. The van der Waals surface area contributed by atoms with Crippen molar-refractivity contribution in [3.63, 3.8) is 0 Å². The summed E-state index contributed by atoms with van der Waals surface area (Å²) < 4.78 is 12.3. The first-order chi connectivity index (χ1) is 8.50.